The van der Waals surface area contributed by atoms with Gasteiger partial charge in [0, 0.05) is 12.2 Å². The van der Waals surface area contributed by atoms with E-state index in [2.05, 4.69) is 19.9 Å². The van der Waals surface area contributed by atoms with E-state index in [1.807, 2.05) is 44.2 Å². The maximum Gasteiger partial charge on any atom is 0.267 e. The van der Waals surface area contributed by atoms with Crippen LogP contribution in [0, 0.1) is 0 Å². The van der Waals surface area contributed by atoms with Crippen LogP contribution in [0.5, 0.6) is 0 Å². The molecule has 0 aliphatic rings. The molecule has 3 rings (SSSR count). The van der Waals surface area contributed by atoms with Crippen molar-refractivity contribution < 1.29 is 8.42 Å². The summed E-state index contributed by atoms with van der Waals surface area (Å²) in [6.45, 7) is 3.83. The molecule has 2 aromatic heterocycles. The summed E-state index contributed by atoms with van der Waals surface area (Å²) < 4.78 is 30.1. The first-order valence-corrected chi connectivity index (χ1v) is 8.48. The molecule has 0 saturated heterocycles. The average Bonchev–Trinajstić information content (AvgIpc) is 3.17. The van der Waals surface area contributed by atoms with Crippen molar-refractivity contribution in [3.05, 3.63) is 49.1 Å². The van der Waals surface area contributed by atoms with Crippen LogP contribution in [0.4, 0.5) is 5.95 Å². The summed E-state index contributed by atoms with van der Waals surface area (Å²) in [5.74, 6) is 0.00569. The molecule has 0 atom stereocenters. The number of anilines is 1. The third kappa shape index (κ3) is 3.24. The Morgan fingerprint density at radius 2 is 1.91 bits per heavy atom. The van der Waals surface area contributed by atoms with Crippen molar-refractivity contribution in [1.29, 1.82) is 0 Å². The lowest BCUT2D eigenvalue weighted by Gasteiger charge is -2.04. The zero-order chi connectivity index (χ0) is 16.4. The van der Waals surface area contributed by atoms with Crippen LogP contribution in [0.2, 0.25) is 0 Å². The van der Waals surface area contributed by atoms with E-state index in [0.29, 0.717) is 0 Å². The summed E-state index contributed by atoms with van der Waals surface area (Å²) in [4.78, 5) is 4.05. The summed E-state index contributed by atoms with van der Waals surface area (Å²) in [6.07, 6.45) is 4.22. The number of sulfonamides is 1. The smallest absolute Gasteiger partial charge is 0.267 e. The highest BCUT2D eigenvalue weighted by Crippen LogP contribution is 2.15. The quantitative estimate of drug-likeness (QED) is 0.769. The van der Waals surface area contributed by atoms with Gasteiger partial charge in [0.25, 0.3) is 16.0 Å². The van der Waals surface area contributed by atoms with Crippen LogP contribution in [-0.2, 0) is 10.0 Å². The second-order valence-electron chi connectivity index (χ2n) is 5.20. The first kappa shape index (κ1) is 15.2. The molecule has 0 aliphatic heterocycles. The number of aromatic nitrogens is 5. The topological polar surface area (TPSA) is 94.7 Å². The molecule has 0 saturated carbocycles. The SMILES string of the molecule is CC(C)n1cc(S(=O)(=O)Nc2ncn(-c3ccccc3)n2)cn1. The monoisotopic (exact) mass is 332 g/mol. The maximum absolute atomic E-state index is 12.3. The van der Waals surface area contributed by atoms with Crippen LogP contribution >= 0.6 is 0 Å². The van der Waals surface area contributed by atoms with Crippen LogP contribution in [0.1, 0.15) is 19.9 Å². The van der Waals surface area contributed by atoms with Gasteiger partial charge in [0.2, 0.25) is 0 Å². The standard InChI is InChI=1S/C14H16N6O2S/c1-11(2)19-9-13(8-16-19)23(21,22)18-14-15-10-20(17-14)12-6-4-3-5-7-12/h3-11H,1-2H3,(H,17,18). The van der Waals surface area contributed by atoms with Gasteiger partial charge in [-0.15, -0.1) is 5.10 Å². The highest BCUT2D eigenvalue weighted by Gasteiger charge is 2.19. The Bertz CT molecular complexity index is 898. The molecular weight excluding hydrogens is 316 g/mol. The molecule has 1 N–H and O–H groups in total. The molecule has 1 aromatic carbocycles. The van der Waals surface area contributed by atoms with Crippen molar-refractivity contribution in [2.75, 3.05) is 4.72 Å². The van der Waals surface area contributed by atoms with Crippen molar-refractivity contribution in [2.24, 2.45) is 0 Å². The molecule has 3 aromatic rings. The van der Waals surface area contributed by atoms with Gasteiger partial charge in [-0.05, 0) is 26.0 Å². The van der Waals surface area contributed by atoms with Gasteiger partial charge in [0.1, 0.15) is 11.2 Å². The number of para-hydroxylation sites is 1. The van der Waals surface area contributed by atoms with Crippen molar-refractivity contribution in [3.8, 4) is 5.69 Å². The lowest BCUT2D eigenvalue weighted by atomic mass is 10.3. The number of hydrogen-bond donors (Lipinski definition) is 1. The van der Waals surface area contributed by atoms with Crippen LogP contribution in [0.25, 0.3) is 5.69 Å². The van der Waals surface area contributed by atoms with Gasteiger partial charge >= 0.3 is 0 Å². The lowest BCUT2D eigenvalue weighted by molar-refractivity contribution is 0.531. The van der Waals surface area contributed by atoms with Gasteiger partial charge in [-0.2, -0.15) is 10.1 Å². The largest absolute Gasteiger partial charge is 0.269 e. The zero-order valence-electron chi connectivity index (χ0n) is 12.7. The highest BCUT2D eigenvalue weighted by molar-refractivity contribution is 7.92. The van der Waals surface area contributed by atoms with Crippen LogP contribution < -0.4 is 4.72 Å². The molecule has 0 aliphatic carbocycles. The third-order valence-corrected chi connectivity index (χ3v) is 4.44. The van der Waals surface area contributed by atoms with E-state index in [9.17, 15) is 8.42 Å². The number of nitrogens with zero attached hydrogens (tertiary/aromatic N) is 5. The van der Waals surface area contributed by atoms with E-state index in [0.717, 1.165) is 5.69 Å². The van der Waals surface area contributed by atoms with Gasteiger partial charge in [0.05, 0.1) is 11.9 Å². The molecule has 2 heterocycles. The lowest BCUT2D eigenvalue weighted by Crippen LogP contribution is -2.14. The molecule has 0 amide bonds. The van der Waals surface area contributed by atoms with Gasteiger partial charge in [-0.25, -0.2) is 17.8 Å². The van der Waals surface area contributed by atoms with Gasteiger partial charge in [0.15, 0.2) is 0 Å². The van der Waals surface area contributed by atoms with Crippen LogP contribution in [0.3, 0.4) is 0 Å². The Labute approximate surface area is 133 Å². The summed E-state index contributed by atoms with van der Waals surface area (Å²) in [5, 5.41) is 8.15. The molecular formula is C14H16N6O2S. The minimum absolute atomic E-state index is 0.00569. The van der Waals surface area contributed by atoms with Crippen LogP contribution in [-0.4, -0.2) is 33.0 Å². The van der Waals surface area contributed by atoms with Crippen LogP contribution in [0.15, 0.2) is 53.9 Å². The van der Waals surface area contributed by atoms with E-state index in [-0.39, 0.29) is 16.9 Å². The second-order valence-corrected chi connectivity index (χ2v) is 6.89. The second kappa shape index (κ2) is 5.84. The number of benzene rings is 1. The minimum Gasteiger partial charge on any atom is -0.269 e. The van der Waals surface area contributed by atoms with E-state index in [4.69, 9.17) is 0 Å². The van der Waals surface area contributed by atoms with Crippen molar-refractivity contribution >= 4 is 16.0 Å². The van der Waals surface area contributed by atoms with Gasteiger partial charge in [-0.3, -0.25) is 4.68 Å². The first-order valence-electron chi connectivity index (χ1n) is 7.00. The Morgan fingerprint density at radius 3 is 2.57 bits per heavy atom. The molecule has 0 unspecified atom stereocenters. The predicted molar refractivity (Wildman–Crippen MR) is 84.8 cm³/mol. The fourth-order valence-electron chi connectivity index (χ4n) is 1.94. The molecule has 23 heavy (non-hydrogen) atoms. The summed E-state index contributed by atoms with van der Waals surface area (Å²) in [7, 11) is -3.77. The van der Waals surface area contributed by atoms with E-state index >= 15 is 0 Å². The summed E-state index contributed by atoms with van der Waals surface area (Å²) in [6, 6.07) is 9.38. The highest BCUT2D eigenvalue weighted by atomic mass is 32.2. The zero-order valence-corrected chi connectivity index (χ0v) is 13.5. The number of nitrogens with one attached hydrogen (secondary N) is 1. The maximum atomic E-state index is 12.3. The van der Waals surface area contributed by atoms with Crippen molar-refractivity contribution in [2.45, 2.75) is 24.8 Å². The number of hydrogen-bond acceptors (Lipinski definition) is 5. The minimum atomic E-state index is -3.77. The Morgan fingerprint density at radius 1 is 1.17 bits per heavy atom. The first-order chi connectivity index (χ1) is 11.0. The molecule has 0 spiro atoms. The average molecular weight is 332 g/mol. The molecule has 120 valence electrons. The van der Waals surface area contributed by atoms with Gasteiger partial charge < -0.3 is 0 Å². The Balaban J connectivity index is 1.82. The van der Waals surface area contributed by atoms with E-state index in [1.54, 1.807) is 4.68 Å². The Hall–Kier alpha value is -2.68. The molecule has 9 heteroatoms. The normalized spacial score (nSPS) is 11.8. The molecule has 0 radical (unpaired) electrons. The third-order valence-electron chi connectivity index (χ3n) is 3.16. The Kier molecular flexibility index (Phi) is 3.87. The van der Waals surface area contributed by atoms with E-state index < -0.39 is 10.0 Å². The summed E-state index contributed by atoms with van der Waals surface area (Å²) in [5.41, 5.74) is 0.790. The molecule has 0 bridgehead atoms. The number of rotatable bonds is 5. The molecule has 0 fully saturated rings. The van der Waals surface area contributed by atoms with Gasteiger partial charge in [-0.1, -0.05) is 18.2 Å². The van der Waals surface area contributed by atoms with Crippen molar-refractivity contribution in [3.63, 3.8) is 0 Å². The molecule has 8 nitrogen and oxygen atoms in total. The summed E-state index contributed by atoms with van der Waals surface area (Å²) >= 11 is 0. The fraction of sp³-hybridized carbons (Fsp3) is 0.214. The fourth-order valence-corrected chi connectivity index (χ4v) is 2.82. The van der Waals surface area contributed by atoms with E-state index in [1.165, 1.54) is 23.4 Å². The predicted octanol–water partition coefficient (Wildman–Crippen LogP) is 1.85. The van der Waals surface area contributed by atoms with Crippen molar-refractivity contribution in [1.82, 2.24) is 24.5 Å².